The van der Waals surface area contributed by atoms with Crippen LogP contribution in [0.1, 0.15) is 53.5 Å². The van der Waals surface area contributed by atoms with Gasteiger partial charge in [-0.3, -0.25) is 19.7 Å². The molecule has 1 unspecified atom stereocenters. The van der Waals surface area contributed by atoms with Crippen molar-refractivity contribution < 1.29 is 9.59 Å². The Kier molecular flexibility index (Phi) is 11.3. The van der Waals surface area contributed by atoms with Crippen LogP contribution in [0.5, 0.6) is 0 Å². The fourth-order valence-corrected chi connectivity index (χ4v) is 2.18. The molecule has 2 amide bonds. The molecule has 1 atom stereocenters. The third-order valence-electron chi connectivity index (χ3n) is 3.16. The van der Waals surface area contributed by atoms with Crippen molar-refractivity contribution in [3.8, 4) is 0 Å². The summed E-state index contributed by atoms with van der Waals surface area (Å²) in [5, 5.41) is 7.23. The van der Waals surface area contributed by atoms with E-state index in [0.717, 1.165) is 10.6 Å². The van der Waals surface area contributed by atoms with E-state index in [1.165, 1.54) is 12.3 Å². The Morgan fingerprint density at radius 1 is 1.15 bits per heavy atom. The fraction of sp³-hybridized carbons (Fsp3) is 0.429. The molecule has 0 aromatic carbocycles. The van der Waals surface area contributed by atoms with E-state index >= 15 is 0 Å². The summed E-state index contributed by atoms with van der Waals surface area (Å²) < 4.78 is 1.11. The van der Waals surface area contributed by atoms with E-state index in [1.807, 2.05) is 13.8 Å². The van der Waals surface area contributed by atoms with Crippen molar-refractivity contribution in [2.75, 3.05) is 0 Å². The molecule has 2 rings (SSSR count). The molecule has 6 nitrogen and oxygen atoms in total. The predicted molar refractivity (Wildman–Crippen MR) is 110 cm³/mol. The second kappa shape index (κ2) is 12.6. The Morgan fingerprint density at radius 2 is 1.70 bits per heavy atom. The Hall–Kier alpha value is -2.76. The van der Waals surface area contributed by atoms with E-state index in [9.17, 15) is 14.4 Å². The van der Waals surface area contributed by atoms with E-state index in [4.69, 9.17) is 0 Å². The first kappa shape index (κ1) is 24.2. The lowest BCUT2D eigenvalue weighted by molar-refractivity contribution is -0.136. The third kappa shape index (κ3) is 7.56. The first-order valence-corrected chi connectivity index (χ1v) is 9.18. The van der Waals surface area contributed by atoms with E-state index in [0.29, 0.717) is 10.4 Å². The van der Waals surface area contributed by atoms with Crippen LogP contribution in [0.2, 0.25) is 0 Å². The molecule has 0 bridgehead atoms. The zero-order valence-corrected chi connectivity index (χ0v) is 17.0. The van der Waals surface area contributed by atoms with E-state index < -0.39 is 17.5 Å². The lowest BCUT2D eigenvalue weighted by Gasteiger charge is -2.21. The predicted octanol–water partition coefficient (Wildman–Crippen LogP) is 1.84. The van der Waals surface area contributed by atoms with Crippen LogP contribution >= 0.6 is 0 Å². The molecule has 1 N–H and O–H groups in total. The van der Waals surface area contributed by atoms with Crippen LogP contribution < -0.4 is 21.3 Å². The minimum absolute atomic E-state index is 0.186. The van der Waals surface area contributed by atoms with Crippen molar-refractivity contribution in [2.45, 2.75) is 53.5 Å². The number of carbonyl (C=O) groups is 2. The van der Waals surface area contributed by atoms with Crippen LogP contribution in [0.15, 0.2) is 36.3 Å². The number of nitrogens with one attached hydrogen (secondary N) is 1. The molecule has 27 heavy (non-hydrogen) atoms. The Bertz CT molecular complexity index is 832. The average molecular weight is 373 g/mol. The molecule has 0 saturated carbocycles. The maximum Gasteiger partial charge on any atom is 0.275 e. The number of allylic oxidation sites excluding steroid dienone is 2. The summed E-state index contributed by atoms with van der Waals surface area (Å²) in [5.74, 6) is -0.00959. The summed E-state index contributed by atoms with van der Waals surface area (Å²) in [7, 11) is 0. The number of aromatic nitrogens is 2. The van der Waals surface area contributed by atoms with Gasteiger partial charge in [0.05, 0.1) is 11.4 Å². The van der Waals surface area contributed by atoms with Crippen LogP contribution in [0.4, 0.5) is 0 Å². The summed E-state index contributed by atoms with van der Waals surface area (Å²) in [4.78, 5) is 35.5. The molecular weight excluding hydrogens is 342 g/mol. The lowest BCUT2D eigenvalue weighted by atomic mass is 10.1. The molecule has 1 aliphatic heterocycles. The lowest BCUT2D eigenvalue weighted by Crippen LogP contribution is -2.51. The first-order valence-electron chi connectivity index (χ1n) is 9.18. The normalized spacial score (nSPS) is 17.3. The highest BCUT2D eigenvalue weighted by Crippen LogP contribution is 2.14. The van der Waals surface area contributed by atoms with Crippen LogP contribution in [0, 0.1) is 5.92 Å². The second-order valence-corrected chi connectivity index (χ2v) is 6.27. The molecule has 1 aliphatic rings. The minimum Gasteiger partial charge on any atom is -0.295 e. The van der Waals surface area contributed by atoms with Gasteiger partial charge in [0.1, 0.15) is 6.04 Å². The monoisotopic (exact) mass is 373 g/mol. The summed E-state index contributed by atoms with van der Waals surface area (Å²) in [6.45, 7) is 17.7. The molecule has 1 fully saturated rings. The van der Waals surface area contributed by atoms with Crippen molar-refractivity contribution in [1.29, 1.82) is 0 Å². The molecule has 1 saturated heterocycles. The summed E-state index contributed by atoms with van der Waals surface area (Å²) >= 11 is 0. The van der Waals surface area contributed by atoms with Crippen LogP contribution in [-0.2, 0) is 9.59 Å². The van der Waals surface area contributed by atoms with Gasteiger partial charge in [0, 0.05) is 11.6 Å². The smallest absolute Gasteiger partial charge is 0.275 e. The SMILES string of the molecule is C=C/C=c1/cnn(C2CCC(=O)NC2=O)c(=O)/c1=C/C=C.CC.CC(C)C. The van der Waals surface area contributed by atoms with Gasteiger partial charge in [-0.15, -0.1) is 0 Å². The molecule has 2 heterocycles. The minimum atomic E-state index is -0.773. The number of imide groups is 1. The molecule has 6 heteroatoms. The van der Waals surface area contributed by atoms with Crippen molar-refractivity contribution in [3.63, 3.8) is 0 Å². The topological polar surface area (TPSA) is 81.1 Å². The van der Waals surface area contributed by atoms with Gasteiger partial charge in [0.2, 0.25) is 5.91 Å². The van der Waals surface area contributed by atoms with Gasteiger partial charge in [0.15, 0.2) is 0 Å². The summed E-state index contributed by atoms with van der Waals surface area (Å²) in [5.41, 5.74) is -0.403. The van der Waals surface area contributed by atoms with Gasteiger partial charge in [-0.1, -0.05) is 66.0 Å². The summed E-state index contributed by atoms with van der Waals surface area (Å²) in [6.07, 6.45) is 8.18. The zero-order chi connectivity index (χ0) is 21.0. The highest BCUT2D eigenvalue weighted by Gasteiger charge is 2.29. The summed E-state index contributed by atoms with van der Waals surface area (Å²) in [6, 6.07) is -0.773. The van der Waals surface area contributed by atoms with Crippen molar-refractivity contribution in [3.05, 3.63) is 52.3 Å². The van der Waals surface area contributed by atoms with Crippen LogP contribution in [-0.4, -0.2) is 21.6 Å². The van der Waals surface area contributed by atoms with Gasteiger partial charge in [-0.2, -0.15) is 5.10 Å². The number of hydrogen-bond acceptors (Lipinski definition) is 4. The molecule has 0 spiro atoms. The Morgan fingerprint density at radius 3 is 2.19 bits per heavy atom. The maximum absolute atomic E-state index is 12.5. The second-order valence-electron chi connectivity index (χ2n) is 6.27. The fourth-order valence-electron chi connectivity index (χ4n) is 2.18. The van der Waals surface area contributed by atoms with E-state index in [-0.39, 0.29) is 18.7 Å². The first-order chi connectivity index (χ1) is 12.8. The van der Waals surface area contributed by atoms with Crippen LogP contribution in [0.25, 0.3) is 12.2 Å². The van der Waals surface area contributed by atoms with Gasteiger partial charge in [0.25, 0.3) is 11.5 Å². The van der Waals surface area contributed by atoms with Gasteiger partial charge >= 0.3 is 0 Å². The van der Waals surface area contributed by atoms with Crippen molar-refractivity contribution >= 4 is 24.0 Å². The molecular formula is C21H31N3O3. The number of nitrogens with zero attached hydrogens (tertiary/aromatic N) is 2. The molecule has 148 valence electrons. The number of rotatable bonds is 3. The van der Waals surface area contributed by atoms with Crippen LogP contribution in [0.3, 0.4) is 0 Å². The van der Waals surface area contributed by atoms with E-state index in [2.05, 4.69) is 44.3 Å². The highest BCUT2D eigenvalue weighted by molar-refractivity contribution is 5.99. The standard InChI is InChI=1S/C15H15N3O3.C4H10.C2H6/c1-3-5-10-9-16-18(15(21)11(10)6-4-2)12-7-8-13(19)17-14(12)20;1-4(2)3;1-2/h3-6,9,12H,1-2,7-8H2,(H,17,19,20);4H,1-3H3;1-2H3/b10-5-,11-6+;;. The highest BCUT2D eigenvalue weighted by atomic mass is 16.2. The maximum atomic E-state index is 12.5. The van der Waals surface area contributed by atoms with Crippen molar-refractivity contribution in [2.24, 2.45) is 5.92 Å². The zero-order valence-electron chi connectivity index (χ0n) is 17.0. The number of carbonyl (C=O) groups excluding carboxylic acids is 2. The third-order valence-corrected chi connectivity index (χ3v) is 3.16. The van der Waals surface area contributed by atoms with Crippen molar-refractivity contribution in [1.82, 2.24) is 15.1 Å². The molecule has 0 aliphatic carbocycles. The van der Waals surface area contributed by atoms with E-state index in [1.54, 1.807) is 18.2 Å². The Balaban J connectivity index is 0.000000998. The Labute approximate surface area is 161 Å². The van der Waals surface area contributed by atoms with Gasteiger partial charge < -0.3 is 0 Å². The molecule has 1 aromatic rings. The van der Waals surface area contributed by atoms with Gasteiger partial charge in [-0.05, 0) is 18.4 Å². The molecule has 1 aromatic heterocycles. The average Bonchev–Trinajstić information content (AvgIpc) is 2.60. The molecule has 0 radical (unpaired) electrons. The number of amides is 2. The number of piperidine rings is 1. The largest absolute Gasteiger partial charge is 0.295 e. The quantitative estimate of drug-likeness (QED) is 0.820. The number of hydrogen-bond donors (Lipinski definition) is 1. The van der Waals surface area contributed by atoms with Gasteiger partial charge in [-0.25, -0.2) is 4.68 Å².